The molecule has 0 aliphatic carbocycles. The predicted molar refractivity (Wildman–Crippen MR) is 136 cm³/mol. The summed E-state index contributed by atoms with van der Waals surface area (Å²) in [5, 5.41) is 31.8. The highest BCUT2D eigenvalue weighted by Crippen LogP contribution is 2.30. The fraction of sp³-hybridized carbons (Fsp3) is 0.346. The average molecular weight is 520 g/mol. The molecule has 0 bridgehead atoms. The van der Waals surface area contributed by atoms with Gasteiger partial charge in [-0.2, -0.15) is 10.2 Å². The number of hydrogen-bond donors (Lipinski definition) is 3. The molecule has 2 atom stereocenters. The number of aliphatic hydroxyl groups is 1. The van der Waals surface area contributed by atoms with Crippen molar-refractivity contribution in [1.82, 2.24) is 19.9 Å². The summed E-state index contributed by atoms with van der Waals surface area (Å²) in [5.41, 5.74) is 1.87. The van der Waals surface area contributed by atoms with Crippen LogP contribution in [0.15, 0.2) is 48.8 Å². The first kappa shape index (κ1) is 25.2. The summed E-state index contributed by atoms with van der Waals surface area (Å²) in [6.45, 7) is 2.87. The van der Waals surface area contributed by atoms with Crippen LogP contribution in [0.1, 0.15) is 18.9 Å². The van der Waals surface area contributed by atoms with E-state index in [-0.39, 0.29) is 30.8 Å². The van der Waals surface area contributed by atoms with Crippen LogP contribution in [-0.2, 0) is 0 Å². The van der Waals surface area contributed by atoms with E-state index in [0.717, 1.165) is 16.3 Å². The standard InChI is InChI=1S/C26H26FN7O4/c1-26(37)13-34(14-26)19-5-3-18(4-6-19)31-24-30-15-29-23(32-24)16-2-7-21(17(10-16)11-28)38-22-8-9-33(25(35)36)12-20(22)27/h2-7,10,15,20,22,37H,8-9,12-14H2,1H3,(H,35,36)(H,29,30,31,32). The van der Waals surface area contributed by atoms with Gasteiger partial charge in [0.25, 0.3) is 0 Å². The molecule has 1 aromatic heterocycles. The first-order chi connectivity index (χ1) is 18.2. The molecule has 0 saturated carbocycles. The number of anilines is 3. The molecule has 0 radical (unpaired) electrons. The number of amides is 1. The number of hydrogen-bond acceptors (Lipinski definition) is 9. The smallest absolute Gasteiger partial charge is 0.407 e. The van der Waals surface area contributed by atoms with Crippen molar-refractivity contribution in [2.75, 3.05) is 36.4 Å². The Kier molecular flexibility index (Phi) is 6.69. The van der Waals surface area contributed by atoms with Crippen LogP contribution in [0.4, 0.5) is 26.5 Å². The Morgan fingerprint density at radius 2 is 2.00 bits per heavy atom. The number of ether oxygens (including phenoxy) is 1. The number of likely N-dealkylation sites (tertiary alicyclic amines) is 1. The van der Waals surface area contributed by atoms with Gasteiger partial charge in [0.15, 0.2) is 12.0 Å². The van der Waals surface area contributed by atoms with Crippen LogP contribution in [-0.4, -0.2) is 80.2 Å². The third-order valence-electron chi connectivity index (χ3n) is 6.51. The van der Waals surface area contributed by atoms with Crippen molar-refractivity contribution in [2.24, 2.45) is 0 Å². The molecule has 38 heavy (non-hydrogen) atoms. The van der Waals surface area contributed by atoms with Gasteiger partial charge in [0.1, 0.15) is 24.3 Å². The lowest BCUT2D eigenvalue weighted by molar-refractivity contribution is 0.0247. The largest absolute Gasteiger partial charge is 0.486 e. The zero-order valence-electron chi connectivity index (χ0n) is 20.6. The Morgan fingerprint density at radius 1 is 1.24 bits per heavy atom. The molecular weight excluding hydrogens is 493 g/mol. The zero-order valence-corrected chi connectivity index (χ0v) is 20.6. The molecule has 3 aromatic rings. The van der Waals surface area contributed by atoms with E-state index >= 15 is 0 Å². The number of aromatic nitrogens is 3. The van der Waals surface area contributed by atoms with Gasteiger partial charge in [-0.15, -0.1) is 0 Å². The molecule has 2 fully saturated rings. The van der Waals surface area contributed by atoms with Crippen LogP contribution in [0.2, 0.25) is 0 Å². The number of β-amino-alcohol motifs (C(OH)–C–C–N with tert-alkyl or cyclic N) is 1. The minimum absolute atomic E-state index is 0.157. The molecule has 2 aromatic carbocycles. The van der Waals surface area contributed by atoms with E-state index in [1.54, 1.807) is 18.2 Å². The molecule has 2 aliphatic heterocycles. The van der Waals surface area contributed by atoms with Crippen molar-refractivity contribution >= 4 is 23.4 Å². The van der Waals surface area contributed by atoms with E-state index in [9.17, 15) is 19.6 Å². The van der Waals surface area contributed by atoms with Crippen molar-refractivity contribution < 1.29 is 24.1 Å². The molecular formula is C26H26FN7O4. The fourth-order valence-electron chi connectivity index (χ4n) is 4.55. The Labute approximate surface area is 218 Å². The first-order valence-corrected chi connectivity index (χ1v) is 12.1. The second-order valence-electron chi connectivity index (χ2n) is 9.67. The number of halogens is 1. The van der Waals surface area contributed by atoms with Crippen LogP contribution in [0, 0.1) is 11.3 Å². The monoisotopic (exact) mass is 519 g/mol. The molecule has 2 saturated heterocycles. The molecule has 2 aliphatic rings. The molecule has 1 amide bonds. The number of carboxylic acid groups (broad SMARTS) is 1. The number of benzene rings is 2. The van der Waals surface area contributed by atoms with E-state index in [2.05, 4.69) is 31.2 Å². The maximum Gasteiger partial charge on any atom is 0.407 e. The maximum atomic E-state index is 14.5. The third-order valence-corrected chi connectivity index (χ3v) is 6.51. The van der Waals surface area contributed by atoms with Gasteiger partial charge in [-0.1, -0.05) is 0 Å². The Bertz CT molecular complexity index is 1370. The number of piperidine rings is 1. The van der Waals surface area contributed by atoms with Gasteiger partial charge in [0.05, 0.1) is 17.7 Å². The Morgan fingerprint density at radius 3 is 2.66 bits per heavy atom. The average Bonchev–Trinajstić information content (AvgIpc) is 2.89. The summed E-state index contributed by atoms with van der Waals surface area (Å²) in [6, 6.07) is 14.5. The highest BCUT2D eigenvalue weighted by molar-refractivity contribution is 5.65. The number of nitrogens with zero attached hydrogens (tertiary/aromatic N) is 6. The van der Waals surface area contributed by atoms with Crippen molar-refractivity contribution in [3.8, 4) is 23.2 Å². The summed E-state index contributed by atoms with van der Waals surface area (Å²) < 4.78 is 20.3. The summed E-state index contributed by atoms with van der Waals surface area (Å²) >= 11 is 0. The van der Waals surface area contributed by atoms with Crippen LogP contribution < -0.4 is 15.0 Å². The Hall–Kier alpha value is -4.50. The lowest BCUT2D eigenvalue weighted by atomic mass is 9.96. The molecule has 2 unspecified atom stereocenters. The van der Waals surface area contributed by atoms with Gasteiger partial charge >= 0.3 is 6.09 Å². The van der Waals surface area contributed by atoms with Crippen LogP contribution >= 0.6 is 0 Å². The van der Waals surface area contributed by atoms with E-state index in [4.69, 9.17) is 9.84 Å². The summed E-state index contributed by atoms with van der Waals surface area (Å²) in [6.07, 6.45) is -1.97. The van der Waals surface area contributed by atoms with Gasteiger partial charge in [0, 0.05) is 43.0 Å². The molecule has 5 rings (SSSR count). The molecule has 11 nitrogen and oxygen atoms in total. The fourth-order valence-corrected chi connectivity index (χ4v) is 4.55. The topological polar surface area (TPSA) is 148 Å². The summed E-state index contributed by atoms with van der Waals surface area (Å²) in [7, 11) is 0. The second-order valence-corrected chi connectivity index (χ2v) is 9.67. The van der Waals surface area contributed by atoms with Crippen LogP contribution in [0.25, 0.3) is 11.4 Å². The molecule has 196 valence electrons. The Balaban J connectivity index is 1.26. The quantitative estimate of drug-likeness (QED) is 0.443. The normalized spacial score (nSPS) is 20.3. The minimum atomic E-state index is -1.50. The minimum Gasteiger partial charge on any atom is -0.486 e. The lowest BCUT2D eigenvalue weighted by Gasteiger charge is -2.45. The zero-order chi connectivity index (χ0) is 26.9. The molecule has 3 heterocycles. The second kappa shape index (κ2) is 10.1. The highest BCUT2D eigenvalue weighted by atomic mass is 19.1. The summed E-state index contributed by atoms with van der Waals surface area (Å²) in [5.74, 6) is 0.867. The lowest BCUT2D eigenvalue weighted by Crippen LogP contribution is -2.60. The van der Waals surface area contributed by atoms with Crippen molar-refractivity contribution in [2.45, 2.75) is 31.2 Å². The van der Waals surface area contributed by atoms with Gasteiger partial charge in [-0.3, -0.25) is 0 Å². The number of rotatable bonds is 6. The third kappa shape index (κ3) is 5.42. The first-order valence-electron chi connectivity index (χ1n) is 12.1. The van der Waals surface area contributed by atoms with Gasteiger partial charge in [-0.05, 0) is 49.4 Å². The van der Waals surface area contributed by atoms with Crippen LogP contribution in [0.3, 0.4) is 0 Å². The number of alkyl halides is 1. The maximum absolute atomic E-state index is 14.5. The van der Waals surface area contributed by atoms with E-state index in [1.165, 1.54) is 6.33 Å². The van der Waals surface area contributed by atoms with Crippen molar-refractivity contribution in [3.63, 3.8) is 0 Å². The van der Waals surface area contributed by atoms with Gasteiger partial charge in [0.2, 0.25) is 5.95 Å². The predicted octanol–water partition coefficient (Wildman–Crippen LogP) is 3.19. The highest BCUT2D eigenvalue weighted by Gasteiger charge is 2.36. The molecule has 12 heteroatoms. The van der Waals surface area contributed by atoms with Crippen molar-refractivity contribution in [3.05, 3.63) is 54.4 Å². The SMILES string of the molecule is CC1(O)CN(c2ccc(Nc3ncnc(-c4ccc(OC5CCN(C(=O)O)CC5F)c(C#N)c4)n3)cc2)C1. The van der Waals surface area contributed by atoms with Crippen LogP contribution in [0.5, 0.6) is 5.75 Å². The number of carbonyl (C=O) groups is 1. The van der Waals surface area contributed by atoms with E-state index in [1.807, 2.05) is 31.2 Å². The summed E-state index contributed by atoms with van der Waals surface area (Å²) in [4.78, 5) is 27.0. The van der Waals surface area contributed by atoms with Gasteiger partial charge in [-0.25, -0.2) is 19.2 Å². The molecule has 3 N–H and O–H groups in total. The van der Waals surface area contributed by atoms with E-state index in [0.29, 0.717) is 30.4 Å². The molecule has 0 spiro atoms. The van der Waals surface area contributed by atoms with Gasteiger partial charge < -0.3 is 30.1 Å². The van der Waals surface area contributed by atoms with Crippen molar-refractivity contribution in [1.29, 1.82) is 5.26 Å². The van der Waals surface area contributed by atoms with E-state index < -0.39 is 24.0 Å². The number of nitriles is 1. The number of nitrogens with one attached hydrogen (secondary N) is 1.